The van der Waals surface area contributed by atoms with Gasteiger partial charge in [0.1, 0.15) is 5.78 Å². The number of hydrogen-bond acceptors (Lipinski definition) is 2. The third-order valence-corrected chi connectivity index (χ3v) is 3.33. The fourth-order valence-electron chi connectivity index (χ4n) is 2.66. The molecular weight excluding hydrogens is 186 g/mol. The molecule has 88 valence electrons. The van der Waals surface area contributed by atoms with E-state index in [1.165, 1.54) is 32.1 Å². The SMILES string of the molecule is CCCNCC1CCCC(CC(C)=O)C1. The largest absolute Gasteiger partial charge is 0.316 e. The molecule has 0 aromatic rings. The van der Waals surface area contributed by atoms with Crippen LogP contribution in [0.15, 0.2) is 0 Å². The van der Waals surface area contributed by atoms with Crippen LogP contribution in [-0.4, -0.2) is 18.9 Å². The number of carbonyl (C=O) groups excluding carboxylic acids is 1. The van der Waals surface area contributed by atoms with Crippen molar-refractivity contribution in [2.45, 2.75) is 52.4 Å². The Balaban J connectivity index is 2.19. The van der Waals surface area contributed by atoms with E-state index in [0.29, 0.717) is 11.7 Å². The van der Waals surface area contributed by atoms with Crippen molar-refractivity contribution in [1.29, 1.82) is 0 Å². The van der Waals surface area contributed by atoms with Gasteiger partial charge in [0.2, 0.25) is 0 Å². The molecule has 0 aromatic heterocycles. The monoisotopic (exact) mass is 211 g/mol. The van der Waals surface area contributed by atoms with Crippen molar-refractivity contribution in [3.05, 3.63) is 0 Å². The lowest BCUT2D eigenvalue weighted by molar-refractivity contribution is -0.118. The molecule has 0 amide bonds. The van der Waals surface area contributed by atoms with Crippen molar-refractivity contribution >= 4 is 5.78 Å². The number of ketones is 1. The predicted octanol–water partition coefficient (Wildman–Crippen LogP) is 2.77. The zero-order valence-electron chi connectivity index (χ0n) is 10.2. The van der Waals surface area contributed by atoms with Gasteiger partial charge < -0.3 is 10.1 Å². The van der Waals surface area contributed by atoms with Gasteiger partial charge in [-0.1, -0.05) is 19.8 Å². The normalized spacial score (nSPS) is 26.5. The lowest BCUT2D eigenvalue weighted by Crippen LogP contribution is -2.28. The Morgan fingerprint density at radius 3 is 2.73 bits per heavy atom. The second-order valence-corrected chi connectivity index (χ2v) is 5.01. The fraction of sp³-hybridized carbons (Fsp3) is 0.923. The average Bonchev–Trinajstić information content (AvgIpc) is 2.18. The van der Waals surface area contributed by atoms with Crippen LogP contribution in [0, 0.1) is 11.8 Å². The highest BCUT2D eigenvalue weighted by atomic mass is 16.1. The van der Waals surface area contributed by atoms with Crippen molar-refractivity contribution < 1.29 is 4.79 Å². The molecule has 1 saturated carbocycles. The van der Waals surface area contributed by atoms with Gasteiger partial charge >= 0.3 is 0 Å². The minimum atomic E-state index is 0.363. The second kappa shape index (κ2) is 7.00. The molecule has 2 heteroatoms. The molecule has 2 atom stereocenters. The van der Waals surface area contributed by atoms with Crippen molar-refractivity contribution in [3.8, 4) is 0 Å². The van der Waals surface area contributed by atoms with Gasteiger partial charge in [0.25, 0.3) is 0 Å². The molecule has 1 aliphatic rings. The Bertz CT molecular complexity index is 191. The molecule has 0 aromatic carbocycles. The minimum absolute atomic E-state index is 0.363. The molecule has 1 aliphatic carbocycles. The van der Waals surface area contributed by atoms with Crippen LogP contribution < -0.4 is 5.32 Å². The molecule has 1 fully saturated rings. The highest BCUT2D eigenvalue weighted by Gasteiger charge is 2.22. The van der Waals surface area contributed by atoms with Crippen LogP contribution in [0.2, 0.25) is 0 Å². The summed E-state index contributed by atoms with van der Waals surface area (Å²) in [7, 11) is 0. The average molecular weight is 211 g/mol. The number of nitrogens with one attached hydrogen (secondary N) is 1. The summed E-state index contributed by atoms with van der Waals surface area (Å²) in [4.78, 5) is 11.1. The van der Waals surface area contributed by atoms with Crippen LogP contribution in [0.25, 0.3) is 0 Å². The van der Waals surface area contributed by atoms with E-state index in [-0.39, 0.29) is 0 Å². The van der Waals surface area contributed by atoms with E-state index in [1.807, 2.05) is 0 Å². The molecule has 0 saturated heterocycles. The Labute approximate surface area is 93.8 Å². The molecule has 15 heavy (non-hydrogen) atoms. The standard InChI is InChI=1S/C13H25NO/c1-3-7-14-10-13-6-4-5-12(9-13)8-11(2)15/h12-14H,3-10H2,1-2H3. The molecule has 1 rings (SSSR count). The first-order chi connectivity index (χ1) is 7.22. The molecule has 0 radical (unpaired) electrons. The smallest absolute Gasteiger partial charge is 0.130 e. The summed E-state index contributed by atoms with van der Waals surface area (Å²) in [6.07, 6.45) is 7.22. The summed E-state index contributed by atoms with van der Waals surface area (Å²) in [5, 5.41) is 3.49. The topological polar surface area (TPSA) is 29.1 Å². The fourth-order valence-corrected chi connectivity index (χ4v) is 2.66. The Hall–Kier alpha value is -0.370. The van der Waals surface area contributed by atoms with Gasteiger partial charge in [0.05, 0.1) is 0 Å². The highest BCUT2D eigenvalue weighted by Crippen LogP contribution is 2.30. The van der Waals surface area contributed by atoms with Gasteiger partial charge in [-0.15, -0.1) is 0 Å². The van der Waals surface area contributed by atoms with Gasteiger partial charge in [-0.05, 0) is 51.1 Å². The van der Waals surface area contributed by atoms with E-state index >= 15 is 0 Å². The van der Waals surface area contributed by atoms with Gasteiger partial charge in [-0.3, -0.25) is 0 Å². The van der Waals surface area contributed by atoms with E-state index in [9.17, 15) is 4.79 Å². The number of Topliss-reactive ketones (excluding diaryl/α,β-unsaturated/α-hetero) is 1. The van der Waals surface area contributed by atoms with Gasteiger partial charge in [-0.25, -0.2) is 0 Å². The van der Waals surface area contributed by atoms with Crippen molar-refractivity contribution in [2.75, 3.05) is 13.1 Å². The third-order valence-electron chi connectivity index (χ3n) is 3.33. The summed E-state index contributed by atoms with van der Waals surface area (Å²) < 4.78 is 0. The number of carbonyl (C=O) groups is 1. The van der Waals surface area contributed by atoms with Crippen molar-refractivity contribution in [1.82, 2.24) is 5.32 Å². The van der Waals surface area contributed by atoms with E-state index in [2.05, 4.69) is 12.2 Å². The Morgan fingerprint density at radius 1 is 1.33 bits per heavy atom. The minimum Gasteiger partial charge on any atom is -0.316 e. The van der Waals surface area contributed by atoms with E-state index in [4.69, 9.17) is 0 Å². The maximum atomic E-state index is 11.1. The van der Waals surface area contributed by atoms with Crippen LogP contribution in [-0.2, 0) is 4.79 Å². The first-order valence-corrected chi connectivity index (χ1v) is 6.42. The molecule has 0 spiro atoms. The number of rotatable bonds is 6. The van der Waals surface area contributed by atoms with Crippen LogP contribution in [0.3, 0.4) is 0 Å². The van der Waals surface area contributed by atoms with Crippen LogP contribution in [0.1, 0.15) is 52.4 Å². The van der Waals surface area contributed by atoms with E-state index in [0.717, 1.165) is 25.4 Å². The zero-order valence-corrected chi connectivity index (χ0v) is 10.2. The van der Waals surface area contributed by atoms with Crippen LogP contribution in [0.5, 0.6) is 0 Å². The first kappa shape index (κ1) is 12.7. The lowest BCUT2D eigenvalue weighted by Gasteiger charge is -2.28. The Kier molecular flexibility index (Phi) is 5.92. The summed E-state index contributed by atoms with van der Waals surface area (Å²) in [5.41, 5.74) is 0. The Morgan fingerprint density at radius 2 is 2.07 bits per heavy atom. The molecule has 1 N–H and O–H groups in total. The predicted molar refractivity (Wildman–Crippen MR) is 63.9 cm³/mol. The summed E-state index contributed by atoms with van der Waals surface area (Å²) in [5.74, 6) is 1.85. The summed E-state index contributed by atoms with van der Waals surface area (Å²) >= 11 is 0. The van der Waals surface area contributed by atoms with Crippen LogP contribution in [0.4, 0.5) is 0 Å². The van der Waals surface area contributed by atoms with Crippen molar-refractivity contribution in [3.63, 3.8) is 0 Å². The highest BCUT2D eigenvalue weighted by molar-refractivity contribution is 5.75. The molecule has 0 aliphatic heterocycles. The molecule has 2 nitrogen and oxygen atoms in total. The molecule has 0 heterocycles. The van der Waals surface area contributed by atoms with Crippen LogP contribution >= 0.6 is 0 Å². The van der Waals surface area contributed by atoms with E-state index in [1.54, 1.807) is 6.92 Å². The van der Waals surface area contributed by atoms with E-state index < -0.39 is 0 Å². The van der Waals surface area contributed by atoms with Crippen molar-refractivity contribution in [2.24, 2.45) is 11.8 Å². The maximum Gasteiger partial charge on any atom is 0.130 e. The molecular formula is C13H25NO. The van der Waals surface area contributed by atoms with Gasteiger partial charge in [0.15, 0.2) is 0 Å². The first-order valence-electron chi connectivity index (χ1n) is 6.42. The van der Waals surface area contributed by atoms with Gasteiger partial charge in [0, 0.05) is 6.42 Å². The van der Waals surface area contributed by atoms with Gasteiger partial charge in [-0.2, -0.15) is 0 Å². The summed E-state index contributed by atoms with van der Waals surface area (Å²) in [6.45, 7) is 6.21. The third kappa shape index (κ3) is 5.31. The molecule has 0 bridgehead atoms. The second-order valence-electron chi connectivity index (χ2n) is 5.01. The number of hydrogen-bond donors (Lipinski definition) is 1. The molecule has 2 unspecified atom stereocenters. The quantitative estimate of drug-likeness (QED) is 0.684. The zero-order chi connectivity index (χ0) is 11.1. The lowest BCUT2D eigenvalue weighted by atomic mass is 9.79. The maximum absolute atomic E-state index is 11.1. The summed E-state index contributed by atoms with van der Waals surface area (Å²) in [6, 6.07) is 0.